The fraction of sp³-hybridized carbons (Fsp3) is 0.500. The average molecular weight is 277 g/mol. The van der Waals surface area contributed by atoms with Gasteiger partial charge < -0.3 is 10.4 Å². The molecule has 0 saturated carbocycles. The van der Waals surface area contributed by atoms with E-state index in [2.05, 4.69) is 5.32 Å². The second-order valence-corrected chi connectivity index (χ2v) is 5.36. The molecule has 0 aliphatic heterocycles. The summed E-state index contributed by atoms with van der Waals surface area (Å²) in [4.78, 5) is 22.8. The van der Waals surface area contributed by atoms with Crippen molar-refractivity contribution in [2.45, 2.75) is 46.1 Å². The van der Waals surface area contributed by atoms with E-state index in [1.165, 1.54) is 0 Å². The molecule has 2 atom stereocenters. The molecule has 2 N–H and O–H groups in total. The van der Waals surface area contributed by atoms with Gasteiger partial charge in [-0.05, 0) is 38.3 Å². The first-order valence-corrected chi connectivity index (χ1v) is 7.01. The lowest BCUT2D eigenvalue weighted by atomic mass is 10.0. The number of carboxylic acid groups (broad SMARTS) is 1. The second-order valence-electron chi connectivity index (χ2n) is 5.36. The SMILES string of the molecule is Cc1ccccc1C(=O)NC(C)CCCC(C)C(=O)O. The molecule has 0 aromatic heterocycles. The van der Waals surface area contributed by atoms with E-state index in [0.717, 1.165) is 18.4 Å². The van der Waals surface area contributed by atoms with Crippen LogP contribution in [0, 0.1) is 12.8 Å². The Hall–Kier alpha value is -1.84. The Morgan fingerprint density at radius 1 is 1.20 bits per heavy atom. The number of nitrogens with one attached hydrogen (secondary N) is 1. The fourth-order valence-electron chi connectivity index (χ4n) is 2.06. The third kappa shape index (κ3) is 5.03. The highest BCUT2D eigenvalue weighted by Crippen LogP contribution is 2.11. The van der Waals surface area contributed by atoms with Crippen molar-refractivity contribution in [2.75, 3.05) is 0 Å². The Bertz CT molecular complexity index is 471. The predicted molar refractivity (Wildman–Crippen MR) is 78.8 cm³/mol. The minimum Gasteiger partial charge on any atom is -0.481 e. The molecule has 0 fully saturated rings. The van der Waals surface area contributed by atoms with Crippen molar-refractivity contribution in [3.8, 4) is 0 Å². The van der Waals surface area contributed by atoms with Crippen LogP contribution in [-0.2, 0) is 4.79 Å². The number of rotatable bonds is 7. The summed E-state index contributed by atoms with van der Waals surface area (Å²) >= 11 is 0. The van der Waals surface area contributed by atoms with Gasteiger partial charge in [-0.25, -0.2) is 0 Å². The maximum atomic E-state index is 12.1. The number of aliphatic carboxylic acids is 1. The van der Waals surface area contributed by atoms with E-state index in [-0.39, 0.29) is 17.9 Å². The highest BCUT2D eigenvalue weighted by molar-refractivity contribution is 5.95. The molecule has 1 amide bonds. The molecule has 0 saturated heterocycles. The first-order valence-electron chi connectivity index (χ1n) is 7.01. The lowest BCUT2D eigenvalue weighted by molar-refractivity contribution is -0.141. The van der Waals surface area contributed by atoms with E-state index < -0.39 is 5.97 Å². The summed E-state index contributed by atoms with van der Waals surface area (Å²) in [6.45, 7) is 5.56. The van der Waals surface area contributed by atoms with E-state index >= 15 is 0 Å². The van der Waals surface area contributed by atoms with Crippen molar-refractivity contribution in [2.24, 2.45) is 5.92 Å². The van der Waals surface area contributed by atoms with Crippen LogP contribution in [0.2, 0.25) is 0 Å². The summed E-state index contributed by atoms with van der Waals surface area (Å²) in [7, 11) is 0. The van der Waals surface area contributed by atoms with Gasteiger partial charge in [0.1, 0.15) is 0 Å². The van der Waals surface area contributed by atoms with Crippen molar-refractivity contribution in [3.63, 3.8) is 0 Å². The number of carboxylic acids is 1. The van der Waals surface area contributed by atoms with Crippen LogP contribution in [0.15, 0.2) is 24.3 Å². The van der Waals surface area contributed by atoms with E-state index in [4.69, 9.17) is 5.11 Å². The molecule has 0 bridgehead atoms. The molecular formula is C16H23NO3. The fourth-order valence-corrected chi connectivity index (χ4v) is 2.06. The maximum absolute atomic E-state index is 12.1. The second kappa shape index (κ2) is 7.68. The van der Waals surface area contributed by atoms with Gasteiger partial charge in [0.15, 0.2) is 0 Å². The van der Waals surface area contributed by atoms with Crippen LogP contribution >= 0.6 is 0 Å². The monoisotopic (exact) mass is 277 g/mol. The smallest absolute Gasteiger partial charge is 0.306 e. The van der Waals surface area contributed by atoms with E-state index in [9.17, 15) is 9.59 Å². The molecule has 1 aromatic rings. The Labute approximate surface area is 120 Å². The quantitative estimate of drug-likeness (QED) is 0.805. The van der Waals surface area contributed by atoms with Gasteiger partial charge in [0.2, 0.25) is 0 Å². The molecule has 1 aromatic carbocycles. The Morgan fingerprint density at radius 2 is 1.85 bits per heavy atom. The predicted octanol–water partition coefficient (Wildman–Crippen LogP) is 3.00. The number of hydrogen-bond donors (Lipinski definition) is 2. The van der Waals surface area contributed by atoms with Crippen LogP contribution in [0.5, 0.6) is 0 Å². The van der Waals surface area contributed by atoms with Gasteiger partial charge in [0.05, 0.1) is 5.92 Å². The minimum atomic E-state index is -0.762. The Kier molecular flexibility index (Phi) is 6.22. The molecule has 4 heteroatoms. The zero-order valence-electron chi connectivity index (χ0n) is 12.3. The summed E-state index contributed by atoms with van der Waals surface area (Å²) in [6, 6.07) is 7.52. The van der Waals surface area contributed by atoms with E-state index in [0.29, 0.717) is 12.0 Å². The number of hydrogen-bond acceptors (Lipinski definition) is 2. The first kappa shape index (κ1) is 16.2. The number of benzene rings is 1. The lowest BCUT2D eigenvalue weighted by Crippen LogP contribution is -2.33. The average Bonchev–Trinajstić information content (AvgIpc) is 2.38. The van der Waals surface area contributed by atoms with Crippen LogP contribution in [0.3, 0.4) is 0 Å². The number of amides is 1. The van der Waals surface area contributed by atoms with Crippen LogP contribution < -0.4 is 5.32 Å². The van der Waals surface area contributed by atoms with Gasteiger partial charge in [-0.15, -0.1) is 0 Å². The van der Waals surface area contributed by atoms with Crippen molar-refractivity contribution in [1.82, 2.24) is 5.32 Å². The molecule has 20 heavy (non-hydrogen) atoms. The van der Waals surface area contributed by atoms with Gasteiger partial charge in [-0.1, -0.05) is 31.5 Å². The molecule has 4 nitrogen and oxygen atoms in total. The van der Waals surface area contributed by atoms with Crippen molar-refractivity contribution < 1.29 is 14.7 Å². The standard InChI is InChI=1S/C16H23NO3/c1-11-7-4-5-10-14(11)15(18)17-13(3)9-6-8-12(2)16(19)20/h4-5,7,10,12-13H,6,8-9H2,1-3H3,(H,17,18)(H,19,20). The molecule has 2 unspecified atom stereocenters. The topological polar surface area (TPSA) is 66.4 Å². The highest BCUT2D eigenvalue weighted by atomic mass is 16.4. The molecule has 0 radical (unpaired) electrons. The van der Waals surface area contributed by atoms with Crippen LogP contribution in [0.25, 0.3) is 0 Å². The molecule has 0 heterocycles. The molecule has 0 spiro atoms. The van der Waals surface area contributed by atoms with Gasteiger partial charge in [0.25, 0.3) is 5.91 Å². The maximum Gasteiger partial charge on any atom is 0.306 e. The first-order chi connectivity index (χ1) is 9.41. The Morgan fingerprint density at radius 3 is 2.45 bits per heavy atom. The number of carbonyl (C=O) groups excluding carboxylic acids is 1. The number of carbonyl (C=O) groups is 2. The summed E-state index contributed by atoms with van der Waals surface area (Å²) in [6.07, 6.45) is 2.22. The zero-order chi connectivity index (χ0) is 15.1. The minimum absolute atomic E-state index is 0.0445. The largest absolute Gasteiger partial charge is 0.481 e. The van der Waals surface area contributed by atoms with Crippen LogP contribution in [0.4, 0.5) is 0 Å². The van der Waals surface area contributed by atoms with Crippen LogP contribution in [-0.4, -0.2) is 23.0 Å². The summed E-state index contributed by atoms with van der Waals surface area (Å²) in [5.74, 6) is -1.15. The van der Waals surface area contributed by atoms with Crippen LogP contribution in [0.1, 0.15) is 49.0 Å². The summed E-state index contributed by atoms with van der Waals surface area (Å²) in [5.41, 5.74) is 1.65. The highest BCUT2D eigenvalue weighted by Gasteiger charge is 2.13. The van der Waals surface area contributed by atoms with E-state index in [1.54, 1.807) is 6.92 Å². The number of aryl methyl sites for hydroxylation is 1. The lowest BCUT2D eigenvalue weighted by Gasteiger charge is -2.15. The normalized spacial score (nSPS) is 13.6. The van der Waals surface area contributed by atoms with E-state index in [1.807, 2.05) is 38.1 Å². The van der Waals surface area contributed by atoms with Gasteiger partial charge in [-0.2, -0.15) is 0 Å². The van der Waals surface area contributed by atoms with Gasteiger partial charge >= 0.3 is 5.97 Å². The molecule has 1 rings (SSSR count). The molecule has 0 aliphatic carbocycles. The third-order valence-corrected chi connectivity index (χ3v) is 3.46. The van der Waals surface area contributed by atoms with Gasteiger partial charge in [0, 0.05) is 11.6 Å². The van der Waals surface area contributed by atoms with Crippen molar-refractivity contribution >= 4 is 11.9 Å². The summed E-state index contributed by atoms with van der Waals surface area (Å²) in [5, 5.41) is 11.8. The van der Waals surface area contributed by atoms with Gasteiger partial charge in [-0.3, -0.25) is 9.59 Å². The summed E-state index contributed by atoms with van der Waals surface area (Å²) < 4.78 is 0. The molecule has 0 aliphatic rings. The Balaban J connectivity index is 2.39. The molecule has 110 valence electrons. The van der Waals surface area contributed by atoms with Crippen molar-refractivity contribution in [1.29, 1.82) is 0 Å². The third-order valence-electron chi connectivity index (χ3n) is 3.46. The van der Waals surface area contributed by atoms with Crippen molar-refractivity contribution in [3.05, 3.63) is 35.4 Å². The molecular weight excluding hydrogens is 254 g/mol. The zero-order valence-corrected chi connectivity index (χ0v) is 12.3.